The molecule has 0 saturated heterocycles. The first-order chi connectivity index (χ1) is 8.69. The Kier molecular flexibility index (Phi) is 4.88. The Labute approximate surface area is 123 Å². The molecule has 1 aromatic heterocycles. The summed E-state index contributed by atoms with van der Waals surface area (Å²) in [5.74, 6) is 5.66. The number of hydrogen-bond donors (Lipinski definition) is 2. The summed E-state index contributed by atoms with van der Waals surface area (Å²) in [4.78, 5) is 4.01. The van der Waals surface area contributed by atoms with Crippen molar-refractivity contribution in [2.24, 2.45) is 5.84 Å². The van der Waals surface area contributed by atoms with E-state index in [0.717, 1.165) is 20.9 Å². The fourth-order valence-electron chi connectivity index (χ4n) is 1.80. The minimum atomic E-state index is 0.0706. The maximum absolute atomic E-state index is 5.66. The highest BCUT2D eigenvalue weighted by Gasteiger charge is 2.11. The number of aromatic nitrogens is 1. The van der Waals surface area contributed by atoms with Crippen LogP contribution in [-0.2, 0) is 6.42 Å². The first-order valence-corrected chi connectivity index (χ1v) is 7.08. The highest BCUT2D eigenvalue weighted by Crippen LogP contribution is 2.25. The quantitative estimate of drug-likeness (QED) is 0.640. The molecule has 3 nitrogen and oxygen atoms in total. The lowest BCUT2D eigenvalue weighted by Gasteiger charge is -2.17. The third-order valence-electron chi connectivity index (χ3n) is 2.68. The number of pyridine rings is 1. The van der Waals surface area contributed by atoms with Crippen LogP contribution >= 0.6 is 31.9 Å². The van der Waals surface area contributed by atoms with Gasteiger partial charge in [0, 0.05) is 21.3 Å². The molecule has 0 amide bonds. The predicted molar refractivity (Wildman–Crippen MR) is 79.8 cm³/mol. The Bertz CT molecular complexity index is 497. The first-order valence-electron chi connectivity index (χ1n) is 5.50. The molecule has 0 saturated carbocycles. The Morgan fingerprint density at radius 2 is 1.72 bits per heavy atom. The lowest BCUT2D eigenvalue weighted by molar-refractivity contribution is 0.551. The van der Waals surface area contributed by atoms with Crippen LogP contribution in [0.2, 0.25) is 0 Å². The normalized spacial score (nSPS) is 12.4. The summed E-state index contributed by atoms with van der Waals surface area (Å²) in [7, 11) is 0. The van der Waals surface area contributed by atoms with Crippen LogP contribution < -0.4 is 11.3 Å². The van der Waals surface area contributed by atoms with Crippen LogP contribution in [0.3, 0.4) is 0 Å². The van der Waals surface area contributed by atoms with Crippen molar-refractivity contribution < 1.29 is 0 Å². The van der Waals surface area contributed by atoms with Crippen molar-refractivity contribution in [3.63, 3.8) is 0 Å². The number of nitrogens with zero attached hydrogens (tertiary/aromatic N) is 1. The summed E-state index contributed by atoms with van der Waals surface area (Å²) >= 11 is 6.97. The van der Waals surface area contributed by atoms with Gasteiger partial charge in [0.2, 0.25) is 0 Å². The van der Waals surface area contributed by atoms with Crippen LogP contribution in [0.25, 0.3) is 0 Å². The van der Waals surface area contributed by atoms with Crippen molar-refractivity contribution in [2.45, 2.75) is 12.5 Å². The highest BCUT2D eigenvalue weighted by molar-refractivity contribution is 9.11. The molecule has 5 heteroatoms. The van der Waals surface area contributed by atoms with Crippen molar-refractivity contribution in [1.82, 2.24) is 10.4 Å². The fourth-order valence-corrected chi connectivity index (χ4v) is 3.13. The molecule has 0 fully saturated rings. The predicted octanol–water partition coefficient (Wildman–Crippen LogP) is 3.35. The van der Waals surface area contributed by atoms with Crippen LogP contribution in [0, 0.1) is 0 Å². The Morgan fingerprint density at radius 3 is 2.28 bits per heavy atom. The lowest BCUT2D eigenvalue weighted by atomic mass is 10.0. The summed E-state index contributed by atoms with van der Waals surface area (Å²) in [6.07, 6.45) is 4.40. The van der Waals surface area contributed by atoms with E-state index in [9.17, 15) is 0 Å². The van der Waals surface area contributed by atoms with Crippen molar-refractivity contribution in [3.8, 4) is 0 Å². The number of hydrazine groups is 1. The summed E-state index contributed by atoms with van der Waals surface area (Å²) < 4.78 is 2.06. The van der Waals surface area contributed by atoms with Gasteiger partial charge in [0.05, 0.1) is 6.04 Å². The topological polar surface area (TPSA) is 50.9 Å². The smallest absolute Gasteiger partial charge is 0.0501 e. The average molecular weight is 371 g/mol. The van der Waals surface area contributed by atoms with Gasteiger partial charge in [-0.3, -0.25) is 16.3 Å². The Morgan fingerprint density at radius 1 is 1.11 bits per heavy atom. The van der Waals surface area contributed by atoms with E-state index in [2.05, 4.69) is 54.4 Å². The molecule has 2 aromatic rings. The van der Waals surface area contributed by atoms with Crippen LogP contribution in [0.4, 0.5) is 0 Å². The zero-order chi connectivity index (χ0) is 13.0. The monoisotopic (exact) mass is 369 g/mol. The van der Waals surface area contributed by atoms with Gasteiger partial charge in [-0.25, -0.2) is 0 Å². The molecule has 18 heavy (non-hydrogen) atoms. The summed E-state index contributed by atoms with van der Waals surface area (Å²) in [6, 6.07) is 10.2. The van der Waals surface area contributed by atoms with E-state index in [4.69, 9.17) is 5.84 Å². The SMILES string of the molecule is NNC(Cc1ccncc1)c1cc(Br)cc(Br)c1. The molecule has 0 aliphatic rings. The van der Waals surface area contributed by atoms with Gasteiger partial charge in [0.1, 0.15) is 0 Å². The maximum Gasteiger partial charge on any atom is 0.0501 e. The first kappa shape index (κ1) is 13.7. The summed E-state index contributed by atoms with van der Waals surface area (Å²) in [6.45, 7) is 0. The van der Waals surface area contributed by atoms with Gasteiger partial charge in [0.15, 0.2) is 0 Å². The van der Waals surface area contributed by atoms with Crippen molar-refractivity contribution in [1.29, 1.82) is 0 Å². The molecule has 0 aliphatic carbocycles. The van der Waals surface area contributed by atoms with E-state index in [1.807, 2.05) is 18.2 Å². The Balaban J connectivity index is 2.23. The minimum Gasteiger partial charge on any atom is -0.271 e. The molecule has 0 aliphatic heterocycles. The van der Waals surface area contributed by atoms with Gasteiger partial charge in [-0.1, -0.05) is 31.9 Å². The second-order valence-electron chi connectivity index (χ2n) is 3.98. The molecular formula is C13H13Br2N3. The molecule has 1 unspecified atom stereocenters. The van der Waals surface area contributed by atoms with E-state index < -0.39 is 0 Å². The third kappa shape index (κ3) is 3.62. The van der Waals surface area contributed by atoms with E-state index in [1.165, 1.54) is 5.56 Å². The fraction of sp³-hybridized carbons (Fsp3) is 0.154. The second-order valence-corrected chi connectivity index (χ2v) is 5.81. The third-order valence-corrected chi connectivity index (χ3v) is 3.59. The van der Waals surface area contributed by atoms with Gasteiger partial charge < -0.3 is 0 Å². The van der Waals surface area contributed by atoms with Crippen LogP contribution in [0.15, 0.2) is 51.7 Å². The van der Waals surface area contributed by atoms with Crippen LogP contribution in [-0.4, -0.2) is 4.98 Å². The molecule has 3 N–H and O–H groups in total. The van der Waals surface area contributed by atoms with Crippen LogP contribution in [0.1, 0.15) is 17.2 Å². The van der Waals surface area contributed by atoms with E-state index in [-0.39, 0.29) is 6.04 Å². The number of nitrogens with one attached hydrogen (secondary N) is 1. The summed E-state index contributed by atoms with van der Waals surface area (Å²) in [5.41, 5.74) is 5.19. The van der Waals surface area contributed by atoms with Gasteiger partial charge in [-0.15, -0.1) is 0 Å². The van der Waals surface area contributed by atoms with Crippen molar-refractivity contribution in [2.75, 3.05) is 0 Å². The van der Waals surface area contributed by atoms with Gasteiger partial charge in [-0.2, -0.15) is 0 Å². The molecule has 2 rings (SSSR count). The number of hydrogen-bond acceptors (Lipinski definition) is 3. The largest absolute Gasteiger partial charge is 0.271 e. The summed E-state index contributed by atoms with van der Waals surface area (Å²) in [5, 5.41) is 0. The number of benzene rings is 1. The standard InChI is InChI=1S/C13H13Br2N3/c14-11-6-10(7-12(15)8-11)13(18-16)5-9-1-3-17-4-2-9/h1-4,6-8,13,18H,5,16H2. The molecule has 0 spiro atoms. The molecule has 1 heterocycles. The molecule has 1 aromatic carbocycles. The molecule has 94 valence electrons. The molecular weight excluding hydrogens is 358 g/mol. The molecule has 0 bridgehead atoms. The molecule has 1 atom stereocenters. The maximum atomic E-state index is 5.66. The second kappa shape index (κ2) is 6.43. The average Bonchev–Trinajstić information content (AvgIpc) is 2.36. The highest BCUT2D eigenvalue weighted by atomic mass is 79.9. The van der Waals surface area contributed by atoms with Crippen LogP contribution in [0.5, 0.6) is 0 Å². The van der Waals surface area contributed by atoms with E-state index in [1.54, 1.807) is 12.4 Å². The Hall–Kier alpha value is -0.750. The van der Waals surface area contributed by atoms with E-state index >= 15 is 0 Å². The van der Waals surface area contributed by atoms with Crippen molar-refractivity contribution in [3.05, 3.63) is 62.8 Å². The lowest BCUT2D eigenvalue weighted by Crippen LogP contribution is -2.29. The molecule has 0 radical (unpaired) electrons. The number of halogens is 2. The van der Waals surface area contributed by atoms with Gasteiger partial charge in [-0.05, 0) is 47.9 Å². The van der Waals surface area contributed by atoms with Gasteiger partial charge >= 0.3 is 0 Å². The zero-order valence-corrected chi connectivity index (χ0v) is 12.8. The zero-order valence-electron chi connectivity index (χ0n) is 9.61. The number of rotatable bonds is 4. The number of nitrogens with two attached hydrogens (primary N) is 1. The van der Waals surface area contributed by atoms with E-state index in [0.29, 0.717) is 0 Å². The van der Waals surface area contributed by atoms with Crippen molar-refractivity contribution >= 4 is 31.9 Å². The van der Waals surface area contributed by atoms with Gasteiger partial charge in [0.25, 0.3) is 0 Å². The minimum absolute atomic E-state index is 0.0706.